The summed E-state index contributed by atoms with van der Waals surface area (Å²) in [5, 5.41) is 3.63. The number of pyridine rings is 1. The fourth-order valence-electron chi connectivity index (χ4n) is 2.71. The maximum absolute atomic E-state index is 4.42. The summed E-state index contributed by atoms with van der Waals surface area (Å²) in [5.41, 5.74) is 1.28. The number of rotatable bonds is 4. The first-order valence-corrected chi connectivity index (χ1v) is 7.01. The van der Waals surface area contributed by atoms with E-state index in [4.69, 9.17) is 0 Å². The van der Waals surface area contributed by atoms with Crippen LogP contribution in [0, 0.1) is 6.92 Å². The molecule has 0 bridgehead atoms. The first-order valence-electron chi connectivity index (χ1n) is 7.01. The van der Waals surface area contributed by atoms with Crippen molar-refractivity contribution in [3.8, 4) is 5.82 Å². The van der Waals surface area contributed by atoms with Gasteiger partial charge < -0.3 is 5.32 Å². The third-order valence-corrected chi connectivity index (χ3v) is 3.83. The van der Waals surface area contributed by atoms with E-state index in [1.807, 2.05) is 23.9 Å². The van der Waals surface area contributed by atoms with Crippen molar-refractivity contribution in [2.75, 3.05) is 0 Å². The molecule has 0 radical (unpaired) electrons. The maximum atomic E-state index is 4.42. The van der Waals surface area contributed by atoms with Gasteiger partial charge in [-0.05, 0) is 37.5 Å². The van der Waals surface area contributed by atoms with Crippen molar-refractivity contribution in [3.05, 3.63) is 42.1 Å². The summed E-state index contributed by atoms with van der Waals surface area (Å²) in [6, 6.07) is 4.92. The van der Waals surface area contributed by atoms with Crippen LogP contribution in [-0.4, -0.2) is 20.6 Å². The summed E-state index contributed by atoms with van der Waals surface area (Å²) in [5.74, 6) is 1.91. The zero-order valence-electron chi connectivity index (χ0n) is 11.7. The Bertz CT molecular complexity index is 546. The van der Waals surface area contributed by atoms with Crippen molar-refractivity contribution in [2.24, 2.45) is 0 Å². The van der Waals surface area contributed by atoms with E-state index in [1.54, 1.807) is 6.20 Å². The van der Waals surface area contributed by atoms with Gasteiger partial charge in [0.25, 0.3) is 0 Å². The highest BCUT2D eigenvalue weighted by Crippen LogP contribution is 2.18. The van der Waals surface area contributed by atoms with Gasteiger partial charge in [-0.15, -0.1) is 12.4 Å². The summed E-state index contributed by atoms with van der Waals surface area (Å²) in [4.78, 5) is 8.66. The molecule has 1 aliphatic carbocycles. The average Bonchev–Trinajstić information content (AvgIpc) is 3.08. The van der Waals surface area contributed by atoms with E-state index in [-0.39, 0.29) is 12.4 Å². The lowest BCUT2D eigenvalue weighted by atomic mass is 10.2. The number of aromatic nitrogens is 3. The van der Waals surface area contributed by atoms with E-state index in [1.165, 1.54) is 31.2 Å². The molecule has 2 aromatic rings. The van der Waals surface area contributed by atoms with Gasteiger partial charge in [-0.3, -0.25) is 4.57 Å². The molecule has 5 heteroatoms. The largest absolute Gasteiger partial charge is 0.310 e. The van der Waals surface area contributed by atoms with Crippen molar-refractivity contribution in [1.29, 1.82) is 0 Å². The fraction of sp³-hybridized carbons (Fsp3) is 0.467. The molecule has 20 heavy (non-hydrogen) atoms. The normalized spacial score (nSPS) is 15.2. The Morgan fingerprint density at radius 1 is 1.25 bits per heavy atom. The Labute approximate surface area is 126 Å². The lowest BCUT2D eigenvalue weighted by molar-refractivity contribution is 0.524. The zero-order chi connectivity index (χ0) is 13.1. The minimum atomic E-state index is 0. The number of hydrogen-bond donors (Lipinski definition) is 1. The van der Waals surface area contributed by atoms with Gasteiger partial charge in [-0.1, -0.05) is 12.8 Å². The van der Waals surface area contributed by atoms with E-state index in [9.17, 15) is 0 Å². The second kappa shape index (κ2) is 6.86. The minimum Gasteiger partial charge on any atom is -0.310 e. The van der Waals surface area contributed by atoms with Crippen molar-refractivity contribution in [3.63, 3.8) is 0 Å². The molecule has 3 rings (SSSR count). The predicted molar refractivity (Wildman–Crippen MR) is 82.4 cm³/mol. The molecule has 0 saturated heterocycles. The number of aryl methyl sites for hydroxylation is 1. The third-order valence-electron chi connectivity index (χ3n) is 3.83. The average molecular weight is 293 g/mol. The number of hydrogen-bond acceptors (Lipinski definition) is 3. The molecule has 108 valence electrons. The van der Waals surface area contributed by atoms with Crippen LogP contribution in [0.1, 0.15) is 37.1 Å². The Morgan fingerprint density at radius 2 is 2.05 bits per heavy atom. The van der Waals surface area contributed by atoms with Crippen LogP contribution in [0.2, 0.25) is 0 Å². The summed E-state index contributed by atoms with van der Waals surface area (Å²) in [6.07, 6.45) is 11.0. The number of imidazole rings is 1. The van der Waals surface area contributed by atoms with Gasteiger partial charge in [0.1, 0.15) is 11.6 Å². The molecule has 0 unspecified atom stereocenters. The topological polar surface area (TPSA) is 42.7 Å². The van der Waals surface area contributed by atoms with Gasteiger partial charge >= 0.3 is 0 Å². The van der Waals surface area contributed by atoms with E-state index in [0.717, 1.165) is 18.2 Å². The van der Waals surface area contributed by atoms with E-state index >= 15 is 0 Å². The Kier molecular flexibility index (Phi) is 5.15. The molecule has 1 fully saturated rings. The van der Waals surface area contributed by atoms with E-state index in [2.05, 4.69) is 27.4 Å². The highest BCUT2D eigenvalue weighted by atomic mass is 35.5. The summed E-state index contributed by atoms with van der Waals surface area (Å²) in [7, 11) is 0. The van der Waals surface area contributed by atoms with Crippen molar-refractivity contribution in [1.82, 2.24) is 19.9 Å². The second-order valence-corrected chi connectivity index (χ2v) is 5.23. The van der Waals surface area contributed by atoms with Crippen LogP contribution < -0.4 is 5.32 Å². The molecule has 4 nitrogen and oxygen atoms in total. The van der Waals surface area contributed by atoms with Gasteiger partial charge in [-0.25, -0.2) is 9.97 Å². The molecule has 2 aromatic heterocycles. The van der Waals surface area contributed by atoms with Crippen molar-refractivity contribution >= 4 is 12.4 Å². The Hall–Kier alpha value is -1.39. The minimum absolute atomic E-state index is 0. The Morgan fingerprint density at radius 3 is 2.75 bits per heavy atom. The van der Waals surface area contributed by atoms with Gasteiger partial charge in [0.2, 0.25) is 0 Å². The zero-order valence-corrected chi connectivity index (χ0v) is 12.6. The Balaban J connectivity index is 0.00000147. The number of nitrogens with one attached hydrogen (secondary N) is 1. The molecule has 1 N–H and O–H groups in total. The molecular weight excluding hydrogens is 272 g/mol. The van der Waals surface area contributed by atoms with Gasteiger partial charge in [0.15, 0.2) is 0 Å². The maximum Gasteiger partial charge on any atom is 0.138 e. The van der Waals surface area contributed by atoms with Crippen LogP contribution in [0.4, 0.5) is 0 Å². The fourth-order valence-corrected chi connectivity index (χ4v) is 2.71. The molecule has 0 spiro atoms. The van der Waals surface area contributed by atoms with Crippen molar-refractivity contribution in [2.45, 2.75) is 45.2 Å². The standard InChI is InChI=1S/C15H20N4.ClH/c1-12-16-8-9-19(12)15-10-13(6-7-17-15)11-18-14-4-2-3-5-14;/h6-10,14,18H,2-5,11H2,1H3;1H. The van der Waals surface area contributed by atoms with Crippen LogP contribution in [0.3, 0.4) is 0 Å². The smallest absolute Gasteiger partial charge is 0.138 e. The van der Waals surface area contributed by atoms with E-state index in [0.29, 0.717) is 6.04 Å². The van der Waals surface area contributed by atoms with Crippen molar-refractivity contribution < 1.29 is 0 Å². The molecule has 2 heterocycles. The van der Waals surface area contributed by atoms with Crippen LogP contribution in [0.5, 0.6) is 0 Å². The van der Waals surface area contributed by atoms with Crippen LogP contribution >= 0.6 is 12.4 Å². The van der Waals surface area contributed by atoms with E-state index < -0.39 is 0 Å². The van der Waals surface area contributed by atoms with Gasteiger partial charge in [0, 0.05) is 31.2 Å². The SMILES string of the molecule is Cc1nccn1-c1cc(CNC2CCCC2)ccn1.Cl. The molecule has 1 saturated carbocycles. The molecule has 0 aliphatic heterocycles. The molecular formula is C15H21ClN4. The lowest BCUT2D eigenvalue weighted by Crippen LogP contribution is -2.25. The van der Waals surface area contributed by atoms with Crippen LogP contribution in [-0.2, 0) is 6.54 Å². The second-order valence-electron chi connectivity index (χ2n) is 5.23. The lowest BCUT2D eigenvalue weighted by Gasteiger charge is -2.12. The highest BCUT2D eigenvalue weighted by molar-refractivity contribution is 5.85. The summed E-state index contributed by atoms with van der Waals surface area (Å²) in [6.45, 7) is 2.92. The van der Waals surface area contributed by atoms with Gasteiger partial charge in [0.05, 0.1) is 0 Å². The summed E-state index contributed by atoms with van der Waals surface area (Å²) < 4.78 is 2.01. The quantitative estimate of drug-likeness (QED) is 0.942. The summed E-state index contributed by atoms with van der Waals surface area (Å²) >= 11 is 0. The number of nitrogens with zero attached hydrogens (tertiary/aromatic N) is 3. The molecule has 0 aromatic carbocycles. The molecule has 0 atom stereocenters. The van der Waals surface area contributed by atoms with Crippen LogP contribution in [0.15, 0.2) is 30.7 Å². The third kappa shape index (κ3) is 3.38. The number of halogens is 1. The van der Waals surface area contributed by atoms with Crippen LogP contribution in [0.25, 0.3) is 5.82 Å². The van der Waals surface area contributed by atoms with Gasteiger partial charge in [-0.2, -0.15) is 0 Å². The molecule has 0 amide bonds. The predicted octanol–water partition coefficient (Wildman–Crippen LogP) is 3.03. The first kappa shape index (κ1) is 15.0. The molecule has 1 aliphatic rings. The first-order chi connectivity index (χ1) is 9.33. The monoisotopic (exact) mass is 292 g/mol. The highest BCUT2D eigenvalue weighted by Gasteiger charge is 2.13.